The molecule has 0 aliphatic carbocycles. The molecule has 1 atom stereocenters. The molecule has 1 N–H and O–H groups in total. The number of nitrogens with zero attached hydrogens (tertiary/aromatic N) is 2. The molecule has 1 heterocycles. The summed E-state index contributed by atoms with van der Waals surface area (Å²) in [6, 6.07) is 14.8. The van der Waals surface area contributed by atoms with Gasteiger partial charge in [0.1, 0.15) is 12.4 Å². The monoisotopic (exact) mass is 500 g/mol. The van der Waals surface area contributed by atoms with Crippen LogP contribution in [0.3, 0.4) is 0 Å². The molecule has 0 bridgehead atoms. The van der Waals surface area contributed by atoms with Crippen LogP contribution in [0.2, 0.25) is 5.02 Å². The average molecular weight is 501 g/mol. The normalized spacial score (nSPS) is 14.2. The Bertz CT molecular complexity index is 1320. The number of para-hydroxylation sites is 1. The van der Waals surface area contributed by atoms with Gasteiger partial charge in [-0.25, -0.2) is 4.68 Å². The first-order chi connectivity index (χ1) is 15.9. The van der Waals surface area contributed by atoms with E-state index in [1.165, 1.54) is 16.9 Å². The van der Waals surface area contributed by atoms with Gasteiger partial charge in [0.15, 0.2) is 0 Å². The van der Waals surface area contributed by atoms with Crippen LogP contribution >= 0.6 is 11.6 Å². The van der Waals surface area contributed by atoms with Crippen molar-refractivity contribution in [1.82, 2.24) is 9.78 Å². The molecular weight excluding hydrogens is 486 g/mol. The third kappa shape index (κ3) is 4.43. The Labute approximate surface area is 193 Å². The van der Waals surface area contributed by atoms with Crippen LogP contribution in [0.25, 0.3) is 16.6 Å². The summed E-state index contributed by atoms with van der Waals surface area (Å²) in [5.41, 5.74) is -4.15. The minimum absolute atomic E-state index is 0.315. The highest BCUT2D eigenvalue weighted by Gasteiger charge is 2.56. The lowest BCUT2D eigenvalue weighted by Crippen LogP contribution is -2.47. The zero-order valence-electron chi connectivity index (χ0n) is 17.0. The first-order valence-electron chi connectivity index (χ1n) is 9.72. The van der Waals surface area contributed by atoms with E-state index < -0.39 is 46.5 Å². The molecule has 0 saturated heterocycles. The van der Waals surface area contributed by atoms with E-state index in [2.05, 4.69) is 5.10 Å². The molecule has 4 rings (SSSR count). The second-order valence-electron chi connectivity index (χ2n) is 7.45. The van der Waals surface area contributed by atoms with Gasteiger partial charge in [0.2, 0.25) is 5.60 Å². The van der Waals surface area contributed by atoms with Crippen molar-refractivity contribution in [1.29, 1.82) is 0 Å². The van der Waals surface area contributed by atoms with E-state index in [1.54, 1.807) is 30.3 Å². The molecule has 11 heteroatoms. The Morgan fingerprint density at radius 1 is 0.912 bits per heavy atom. The van der Waals surface area contributed by atoms with Crippen LogP contribution in [-0.2, 0) is 11.8 Å². The van der Waals surface area contributed by atoms with E-state index in [4.69, 9.17) is 16.3 Å². The van der Waals surface area contributed by atoms with Gasteiger partial charge < -0.3 is 9.84 Å². The Morgan fingerprint density at radius 3 is 2.26 bits per heavy atom. The van der Waals surface area contributed by atoms with Gasteiger partial charge in [-0.3, -0.25) is 0 Å². The van der Waals surface area contributed by atoms with Crippen molar-refractivity contribution in [2.45, 2.75) is 18.0 Å². The topological polar surface area (TPSA) is 47.3 Å². The minimum atomic E-state index is -5.20. The zero-order valence-corrected chi connectivity index (χ0v) is 17.8. The fraction of sp³-hybridized carbons (Fsp3) is 0.174. The van der Waals surface area contributed by atoms with Gasteiger partial charge >= 0.3 is 12.4 Å². The van der Waals surface area contributed by atoms with Crippen molar-refractivity contribution >= 4 is 22.5 Å². The van der Waals surface area contributed by atoms with E-state index >= 15 is 0 Å². The smallest absolute Gasteiger partial charge is 0.424 e. The van der Waals surface area contributed by atoms with Crippen molar-refractivity contribution in [2.24, 2.45) is 0 Å². The number of halogens is 7. The third-order valence-corrected chi connectivity index (χ3v) is 5.54. The highest BCUT2D eigenvalue weighted by Crippen LogP contribution is 2.41. The molecule has 0 fully saturated rings. The summed E-state index contributed by atoms with van der Waals surface area (Å²) in [7, 11) is 0. The molecule has 0 aliphatic heterocycles. The van der Waals surface area contributed by atoms with Crippen molar-refractivity contribution in [2.75, 3.05) is 6.61 Å². The number of rotatable bonds is 5. The lowest BCUT2D eigenvalue weighted by molar-refractivity contribution is -0.275. The quantitative estimate of drug-likeness (QED) is 0.317. The van der Waals surface area contributed by atoms with Crippen LogP contribution in [0.4, 0.5) is 26.3 Å². The number of hydrogen-bond acceptors (Lipinski definition) is 3. The number of alkyl halides is 6. The van der Waals surface area contributed by atoms with Gasteiger partial charge in [-0.15, -0.1) is 0 Å². The van der Waals surface area contributed by atoms with Crippen LogP contribution < -0.4 is 4.74 Å². The molecule has 1 unspecified atom stereocenters. The maximum absolute atomic E-state index is 13.9. The summed E-state index contributed by atoms with van der Waals surface area (Å²) >= 11 is 5.53. The molecule has 34 heavy (non-hydrogen) atoms. The standard InChI is InChI=1S/C23H15ClF6N2O2/c24-19-8-7-17(11-18(19)22(25,26)27)34-13-21(33,23(28,29)30)15-6-9-20-14(10-15)12-31-32(20)16-4-2-1-3-5-16/h1-12,33H,13H2. The SMILES string of the molecule is OC(COc1ccc(Cl)c(C(F)(F)F)c1)(c1ccc2c(cnn2-c2ccccc2)c1)C(F)(F)F. The maximum Gasteiger partial charge on any atom is 0.424 e. The van der Waals surface area contributed by atoms with Crippen LogP contribution in [-0.4, -0.2) is 27.7 Å². The molecule has 0 amide bonds. The highest BCUT2D eigenvalue weighted by molar-refractivity contribution is 6.31. The number of ether oxygens (including phenoxy) is 1. The van der Waals surface area contributed by atoms with E-state index in [9.17, 15) is 31.4 Å². The van der Waals surface area contributed by atoms with E-state index in [0.717, 1.165) is 24.3 Å². The van der Waals surface area contributed by atoms with Crippen LogP contribution in [0.5, 0.6) is 5.75 Å². The molecule has 3 aromatic carbocycles. The van der Waals surface area contributed by atoms with Crippen molar-refractivity contribution in [3.05, 3.63) is 89.1 Å². The third-order valence-electron chi connectivity index (χ3n) is 5.21. The lowest BCUT2D eigenvalue weighted by Gasteiger charge is -2.31. The zero-order chi connectivity index (χ0) is 24.7. The molecule has 178 valence electrons. The van der Waals surface area contributed by atoms with Gasteiger partial charge in [0.25, 0.3) is 0 Å². The summed E-state index contributed by atoms with van der Waals surface area (Å²) in [6.45, 7) is -1.38. The molecule has 4 nitrogen and oxygen atoms in total. The van der Waals surface area contributed by atoms with Crippen molar-refractivity contribution < 1.29 is 36.2 Å². The van der Waals surface area contributed by atoms with Gasteiger partial charge in [0, 0.05) is 5.39 Å². The van der Waals surface area contributed by atoms with E-state index in [1.807, 2.05) is 0 Å². The molecule has 0 aliphatic rings. The van der Waals surface area contributed by atoms with Crippen LogP contribution in [0, 0.1) is 0 Å². The van der Waals surface area contributed by atoms with Gasteiger partial charge in [-0.2, -0.15) is 31.4 Å². The molecule has 0 radical (unpaired) electrons. The second kappa shape index (κ2) is 8.52. The largest absolute Gasteiger partial charge is 0.490 e. The lowest BCUT2D eigenvalue weighted by atomic mass is 9.93. The summed E-state index contributed by atoms with van der Waals surface area (Å²) in [5, 5.41) is 14.5. The molecule has 4 aromatic rings. The predicted octanol–water partition coefficient (Wildman–Crippen LogP) is 6.53. The number of fused-ring (bicyclic) bond motifs is 1. The minimum Gasteiger partial charge on any atom is -0.490 e. The van der Waals surface area contributed by atoms with Crippen molar-refractivity contribution in [3.63, 3.8) is 0 Å². The second-order valence-corrected chi connectivity index (χ2v) is 7.86. The predicted molar refractivity (Wildman–Crippen MR) is 113 cm³/mol. The number of aromatic nitrogens is 2. The Balaban J connectivity index is 1.68. The molecule has 1 aromatic heterocycles. The number of aliphatic hydroxyl groups is 1. The van der Waals surface area contributed by atoms with Crippen LogP contribution in [0.1, 0.15) is 11.1 Å². The Hall–Kier alpha value is -3.24. The molecule has 0 saturated carbocycles. The summed E-state index contributed by atoms with van der Waals surface area (Å²) in [4.78, 5) is 0. The first-order valence-corrected chi connectivity index (χ1v) is 10.1. The van der Waals surface area contributed by atoms with Gasteiger partial charge in [-0.05, 0) is 48.0 Å². The number of hydrogen-bond donors (Lipinski definition) is 1. The van der Waals surface area contributed by atoms with Gasteiger partial charge in [-0.1, -0.05) is 35.9 Å². The number of benzene rings is 3. The van der Waals surface area contributed by atoms with E-state index in [0.29, 0.717) is 22.7 Å². The Morgan fingerprint density at radius 2 is 1.62 bits per heavy atom. The van der Waals surface area contributed by atoms with Crippen molar-refractivity contribution in [3.8, 4) is 11.4 Å². The highest BCUT2D eigenvalue weighted by atomic mass is 35.5. The average Bonchev–Trinajstić information content (AvgIpc) is 3.20. The first kappa shape index (κ1) is 23.9. The van der Waals surface area contributed by atoms with Crippen LogP contribution in [0.15, 0.2) is 72.9 Å². The fourth-order valence-corrected chi connectivity index (χ4v) is 3.62. The summed E-state index contributed by atoms with van der Waals surface area (Å²) in [5.74, 6) is -0.530. The van der Waals surface area contributed by atoms with E-state index in [-0.39, 0.29) is 0 Å². The molecular formula is C23H15ClF6N2O2. The Kier molecular flexibility index (Phi) is 5.99. The fourth-order valence-electron chi connectivity index (χ4n) is 3.39. The molecule has 0 spiro atoms. The maximum atomic E-state index is 13.9. The summed E-state index contributed by atoms with van der Waals surface area (Å²) in [6.07, 6.45) is -8.69. The van der Waals surface area contributed by atoms with Gasteiger partial charge in [0.05, 0.1) is 28.0 Å². The summed E-state index contributed by atoms with van der Waals surface area (Å²) < 4.78 is 87.5.